The quantitative estimate of drug-likeness (QED) is 0.0199. The number of ether oxygens (including phenoxy) is 3. The molecule has 0 aliphatic heterocycles. The fraction of sp³-hybridized carbons (Fsp3) is 0.702. The minimum absolute atomic E-state index is 0.102. The van der Waals surface area contributed by atoms with Gasteiger partial charge in [0, 0.05) is 19.3 Å². The molecule has 0 bridgehead atoms. The third-order valence-electron chi connectivity index (χ3n) is 10.9. The summed E-state index contributed by atoms with van der Waals surface area (Å²) in [6.07, 6.45) is 65.6. The van der Waals surface area contributed by atoms with Gasteiger partial charge in [-0.25, -0.2) is 0 Å². The van der Waals surface area contributed by atoms with Gasteiger partial charge in [-0.15, -0.1) is 0 Å². The fourth-order valence-corrected chi connectivity index (χ4v) is 6.97. The Balaban J connectivity index is 4.49. The van der Waals surface area contributed by atoms with Crippen LogP contribution in [0.15, 0.2) is 85.1 Å². The van der Waals surface area contributed by atoms with E-state index in [4.69, 9.17) is 14.2 Å². The van der Waals surface area contributed by atoms with Crippen LogP contribution in [-0.4, -0.2) is 37.2 Å². The van der Waals surface area contributed by atoms with Gasteiger partial charge in [0.1, 0.15) is 13.2 Å². The lowest BCUT2D eigenvalue weighted by Crippen LogP contribution is -2.30. The SMILES string of the molecule is CC/C=C\C/C=C\C/C=C\CCCCCCC(=O)OCC(COC(=O)CCCCC/C=C\C=C/CCCCCCCCC)OC(=O)CCCCCCCC/C=C\C=C/CCCCC. The van der Waals surface area contributed by atoms with E-state index in [9.17, 15) is 14.4 Å². The highest BCUT2D eigenvalue weighted by Crippen LogP contribution is 2.13. The Morgan fingerprint density at radius 3 is 1.11 bits per heavy atom. The summed E-state index contributed by atoms with van der Waals surface area (Å²) in [6.45, 7) is 6.43. The Morgan fingerprint density at radius 2 is 0.667 bits per heavy atom. The van der Waals surface area contributed by atoms with Gasteiger partial charge in [0.05, 0.1) is 0 Å². The zero-order valence-corrected chi connectivity index (χ0v) is 41.1. The molecule has 0 aromatic carbocycles. The van der Waals surface area contributed by atoms with Gasteiger partial charge in [-0.1, -0.05) is 202 Å². The highest BCUT2D eigenvalue weighted by molar-refractivity contribution is 5.71. The van der Waals surface area contributed by atoms with Gasteiger partial charge in [-0.2, -0.15) is 0 Å². The number of hydrogen-bond donors (Lipinski definition) is 0. The van der Waals surface area contributed by atoms with Crippen LogP contribution < -0.4 is 0 Å². The number of rotatable bonds is 46. The normalized spacial score (nSPS) is 12.7. The van der Waals surface area contributed by atoms with Crippen molar-refractivity contribution in [1.82, 2.24) is 0 Å². The monoisotopic (exact) mass is 877 g/mol. The average Bonchev–Trinajstić information content (AvgIpc) is 3.28. The van der Waals surface area contributed by atoms with Crippen LogP contribution >= 0.6 is 0 Å². The molecule has 0 saturated heterocycles. The zero-order valence-electron chi connectivity index (χ0n) is 41.1. The van der Waals surface area contributed by atoms with Crippen molar-refractivity contribution in [2.75, 3.05) is 13.2 Å². The Hall–Kier alpha value is -3.41. The molecule has 0 aliphatic carbocycles. The second-order valence-electron chi connectivity index (χ2n) is 17.1. The molecule has 0 rings (SSSR count). The lowest BCUT2D eigenvalue weighted by molar-refractivity contribution is -0.167. The van der Waals surface area contributed by atoms with E-state index < -0.39 is 6.10 Å². The highest BCUT2D eigenvalue weighted by Gasteiger charge is 2.19. The van der Waals surface area contributed by atoms with E-state index in [-0.39, 0.29) is 31.1 Å². The maximum atomic E-state index is 12.8. The van der Waals surface area contributed by atoms with Crippen LogP contribution in [0.4, 0.5) is 0 Å². The molecule has 1 atom stereocenters. The van der Waals surface area contributed by atoms with Crippen LogP contribution in [0.25, 0.3) is 0 Å². The first-order valence-electron chi connectivity index (χ1n) is 26.1. The Kier molecular flexibility index (Phi) is 48.5. The van der Waals surface area contributed by atoms with Crippen LogP contribution in [0.5, 0.6) is 0 Å². The molecule has 0 aromatic rings. The Labute approximate surface area is 388 Å². The number of hydrogen-bond acceptors (Lipinski definition) is 6. The first-order valence-corrected chi connectivity index (χ1v) is 26.1. The van der Waals surface area contributed by atoms with E-state index in [0.29, 0.717) is 19.3 Å². The van der Waals surface area contributed by atoms with Gasteiger partial charge < -0.3 is 14.2 Å². The molecule has 0 saturated carbocycles. The summed E-state index contributed by atoms with van der Waals surface area (Å²) in [7, 11) is 0. The molecule has 0 spiro atoms. The summed E-state index contributed by atoms with van der Waals surface area (Å²) < 4.78 is 16.8. The third-order valence-corrected chi connectivity index (χ3v) is 10.9. The summed E-state index contributed by atoms with van der Waals surface area (Å²) in [5.41, 5.74) is 0. The summed E-state index contributed by atoms with van der Waals surface area (Å²) in [6, 6.07) is 0. The molecular weight excluding hydrogens is 781 g/mol. The van der Waals surface area contributed by atoms with Gasteiger partial charge in [0.2, 0.25) is 0 Å². The molecule has 0 radical (unpaired) electrons. The van der Waals surface area contributed by atoms with E-state index in [1.165, 1.54) is 83.5 Å². The lowest BCUT2D eigenvalue weighted by Gasteiger charge is -2.18. The first-order chi connectivity index (χ1) is 31.0. The minimum atomic E-state index is -0.803. The smallest absolute Gasteiger partial charge is 0.306 e. The summed E-state index contributed by atoms with van der Waals surface area (Å²) in [4.78, 5) is 38.0. The van der Waals surface area contributed by atoms with Gasteiger partial charge >= 0.3 is 17.9 Å². The number of esters is 3. The molecule has 0 amide bonds. The number of carbonyl (C=O) groups is 3. The van der Waals surface area contributed by atoms with Crippen LogP contribution in [0, 0.1) is 0 Å². The zero-order chi connectivity index (χ0) is 45.8. The molecule has 0 aromatic heterocycles. The molecule has 63 heavy (non-hydrogen) atoms. The second kappa shape index (κ2) is 51.2. The van der Waals surface area contributed by atoms with Crippen molar-refractivity contribution in [3.8, 4) is 0 Å². The predicted molar refractivity (Wildman–Crippen MR) is 270 cm³/mol. The maximum absolute atomic E-state index is 12.8. The lowest BCUT2D eigenvalue weighted by atomic mass is 10.1. The van der Waals surface area contributed by atoms with E-state index in [2.05, 4.69) is 106 Å². The van der Waals surface area contributed by atoms with Crippen molar-refractivity contribution in [2.45, 2.75) is 245 Å². The standard InChI is InChI=1S/C57H96O6/c1-4-7-10-13-16-19-22-25-28-30-32-35-38-41-44-47-50-56(59)62-53-54(52-61-55(58)49-46-43-40-37-34-31-27-24-21-18-15-12-9-6-3)63-57(60)51-48-45-42-39-36-33-29-26-23-20-17-14-11-8-5-2/h9,12,17-18,20-21,23,26-28,30-32,35,54H,4-8,10-11,13-16,19,22,24-25,29,33-34,36-53H2,1-3H3/b12-9-,20-17-,21-18-,26-23-,30-28-,31-27-,35-32-. The number of unbranched alkanes of at least 4 members (excludes halogenated alkanes) is 23. The highest BCUT2D eigenvalue weighted by atomic mass is 16.6. The summed E-state index contributed by atoms with van der Waals surface area (Å²) in [5, 5.41) is 0. The van der Waals surface area contributed by atoms with E-state index >= 15 is 0 Å². The van der Waals surface area contributed by atoms with Gasteiger partial charge in [0.25, 0.3) is 0 Å². The molecule has 1 unspecified atom stereocenters. The van der Waals surface area contributed by atoms with Crippen LogP contribution in [0.1, 0.15) is 239 Å². The van der Waals surface area contributed by atoms with Crippen molar-refractivity contribution in [3.63, 3.8) is 0 Å². The van der Waals surface area contributed by atoms with Crippen molar-refractivity contribution >= 4 is 17.9 Å². The molecule has 0 aliphatic rings. The Morgan fingerprint density at radius 1 is 0.349 bits per heavy atom. The third kappa shape index (κ3) is 49.5. The molecule has 6 nitrogen and oxygen atoms in total. The van der Waals surface area contributed by atoms with Crippen molar-refractivity contribution < 1.29 is 28.6 Å². The molecule has 360 valence electrons. The van der Waals surface area contributed by atoms with Crippen molar-refractivity contribution in [2.24, 2.45) is 0 Å². The fourth-order valence-electron chi connectivity index (χ4n) is 6.97. The van der Waals surface area contributed by atoms with Crippen LogP contribution in [-0.2, 0) is 28.6 Å². The number of allylic oxidation sites excluding steroid dienone is 14. The summed E-state index contributed by atoms with van der Waals surface area (Å²) in [5.74, 6) is -0.962. The molecule has 0 fully saturated rings. The minimum Gasteiger partial charge on any atom is -0.462 e. The first kappa shape index (κ1) is 59.6. The van der Waals surface area contributed by atoms with Crippen molar-refractivity contribution in [3.05, 3.63) is 85.1 Å². The topological polar surface area (TPSA) is 78.9 Å². The predicted octanol–water partition coefficient (Wildman–Crippen LogP) is 17.2. The summed E-state index contributed by atoms with van der Waals surface area (Å²) >= 11 is 0. The second-order valence-corrected chi connectivity index (χ2v) is 17.1. The maximum Gasteiger partial charge on any atom is 0.306 e. The van der Waals surface area contributed by atoms with E-state index in [0.717, 1.165) is 116 Å². The molecular formula is C57H96O6. The van der Waals surface area contributed by atoms with Gasteiger partial charge in [0.15, 0.2) is 6.10 Å². The number of carbonyl (C=O) groups excluding carboxylic acids is 3. The van der Waals surface area contributed by atoms with Crippen LogP contribution in [0.3, 0.4) is 0 Å². The van der Waals surface area contributed by atoms with E-state index in [1.807, 2.05) is 0 Å². The largest absolute Gasteiger partial charge is 0.462 e. The molecule has 0 N–H and O–H groups in total. The van der Waals surface area contributed by atoms with Crippen molar-refractivity contribution in [1.29, 1.82) is 0 Å². The Bertz CT molecular complexity index is 1240. The van der Waals surface area contributed by atoms with Gasteiger partial charge in [-0.3, -0.25) is 14.4 Å². The van der Waals surface area contributed by atoms with E-state index in [1.54, 1.807) is 0 Å². The van der Waals surface area contributed by atoms with Gasteiger partial charge in [-0.05, 0) is 103 Å². The van der Waals surface area contributed by atoms with Crippen LogP contribution in [0.2, 0.25) is 0 Å². The molecule has 0 heterocycles. The average molecular weight is 877 g/mol. The molecule has 6 heteroatoms.